The molecule has 0 radical (unpaired) electrons. The van der Waals surface area contributed by atoms with Gasteiger partial charge in [-0.25, -0.2) is 0 Å². The van der Waals surface area contributed by atoms with Gasteiger partial charge >= 0.3 is 203 Å². The fourth-order valence-corrected chi connectivity index (χ4v) is 5.33. The number of anilines is 2. The average Bonchev–Trinajstić information content (AvgIpc) is 3.14. The van der Waals surface area contributed by atoms with E-state index < -0.39 is 0 Å². The van der Waals surface area contributed by atoms with Gasteiger partial charge in [0.05, 0.1) is 0 Å². The van der Waals surface area contributed by atoms with Crippen molar-refractivity contribution in [2.24, 2.45) is 0 Å². The van der Waals surface area contributed by atoms with E-state index in [1.54, 1.807) is 0 Å². The molecule has 4 aromatic rings. The van der Waals surface area contributed by atoms with Crippen molar-refractivity contribution in [1.82, 2.24) is 0 Å². The van der Waals surface area contributed by atoms with Crippen molar-refractivity contribution in [3.05, 3.63) is 120 Å². The summed E-state index contributed by atoms with van der Waals surface area (Å²) < 4.78 is 1.08. The molecule has 0 amide bonds. The van der Waals surface area contributed by atoms with Crippen LogP contribution in [0.15, 0.2) is 109 Å². The van der Waals surface area contributed by atoms with Crippen LogP contribution in [0.3, 0.4) is 0 Å². The van der Waals surface area contributed by atoms with E-state index in [0.29, 0.717) is 0 Å². The van der Waals surface area contributed by atoms with Crippen LogP contribution < -0.4 is 20.5 Å². The summed E-state index contributed by atoms with van der Waals surface area (Å²) in [7, 11) is 0. The molecule has 32 heavy (non-hydrogen) atoms. The molecule has 0 N–H and O–H groups in total. The Hall–Kier alpha value is -2.86. The Morgan fingerprint density at radius 3 is 1.19 bits per heavy atom. The number of benzene rings is 4. The van der Waals surface area contributed by atoms with Crippen LogP contribution in [-0.2, 0) is 18.7 Å². The van der Waals surface area contributed by atoms with Gasteiger partial charge in [0, 0.05) is 0 Å². The maximum atomic E-state index is 3.66. The first-order valence-corrected chi connectivity index (χ1v) is 11.7. The van der Waals surface area contributed by atoms with Crippen molar-refractivity contribution in [2.45, 2.75) is 13.8 Å². The molecular formula is C27H24B2N2Pd. The van der Waals surface area contributed by atoms with E-state index in [2.05, 4.69) is 151 Å². The van der Waals surface area contributed by atoms with Crippen LogP contribution in [0.5, 0.6) is 0 Å². The molecule has 0 atom stereocenters. The molecule has 0 unspecified atom stereocenters. The molecule has 1 aliphatic heterocycles. The second kappa shape index (κ2) is 8.95. The van der Waals surface area contributed by atoms with Crippen molar-refractivity contribution >= 4 is 40.0 Å². The summed E-state index contributed by atoms with van der Waals surface area (Å²) in [6, 6.07) is 39.3. The van der Waals surface area contributed by atoms with Crippen LogP contribution in [-0.4, -0.2) is 17.7 Å². The van der Waals surface area contributed by atoms with Gasteiger partial charge in [-0.05, 0) is 0 Å². The zero-order valence-electron chi connectivity index (χ0n) is 18.3. The molecule has 2 nitrogen and oxygen atoms in total. The van der Waals surface area contributed by atoms with Crippen LogP contribution in [0, 0.1) is 13.8 Å². The Morgan fingerprint density at radius 1 is 0.500 bits per heavy atom. The molecule has 5 heteroatoms. The third kappa shape index (κ3) is 3.88. The van der Waals surface area contributed by atoms with E-state index >= 15 is 0 Å². The molecule has 0 aliphatic carbocycles. The third-order valence-corrected chi connectivity index (χ3v) is 6.88. The Balaban J connectivity index is 1.74. The number of nitrogens with zero attached hydrogens (tertiary/aromatic N) is 2. The third-order valence-electron chi connectivity index (χ3n) is 6.13. The van der Waals surface area contributed by atoms with Crippen LogP contribution in [0.25, 0.3) is 0 Å². The van der Waals surface area contributed by atoms with Gasteiger partial charge < -0.3 is 0 Å². The van der Waals surface area contributed by atoms with Gasteiger partial charge in [-0.2, -0.15) is 0 Å². The molecule has 5 rings (SSSR count). The van der Waals surface area contributed by atoms with E-state index in [1.165, 1.54) is 33.4 Å². The summed E-state index contributed by atoms with van der Waals surface area (Å²) in [5.41, 5.74) is 7.50. The molecule has 0 saturated carbocycles. The number of aryl methyl sites for hydroxylation is 2. The molecule has 1 fully saturated rings. The fraction of sp³-hybridized carbons (Fsp3) is 0.0741. The van der Waals surface area contributed by atoms with E-state index in [-0.39, 0.29) is 13.5 Å². The van der Waals surface area contributed by atoms with E-state index in [4.69, 9.17) is 0 Å². The van der Waals surface area contributed by atoms with Crippen molar-refractivity contribution in [3.63, 3.8) is 0 Å². The van der Waals surface area contributed by atoms with Gasteiger partial charge in [0.15, 0.2) is 0 Å². The standard InChI is InChI=1S/C27H24B2N2.Pd/c1-22-13-17-24(18-14-22)28-29(25-19-15-23(2)16-20-25)31(27-11-7-4-8-12-27)21-30(28)26-9-5-3-6-10-26;/h3-20H,1-2H3;. The average molecular weight is 505 g/mol. The molecule has 158 valence electrons. The second-order valence-electron chi connectivity index (χ2n) is 8.36. The van der Waals surface area contributed by atoms with E-state index in [1.807, 2.05) is 0 Å². The monoisotopic (exact) mass is 504 g/mol. The summed E-state index contributed by atoms with van der Waals surface area (Å²) in [5, 5.41) is 0. The molecule has 0 aromatic heterocycles. The molecular weight excluding hydrogens is 480 g/mol. The normalized spacial score (nSPS) is 13.8. The SMILES string of the molecule is Cc1ccc(B2B(c3ccc(C)cc3)N(c3ccccc3)[C](=[Pd])N2c2ccccc2)cc1. The minimum absolute atomic E-state index is 0.116. The number of hydrogen-bond acceptors (Lipinski definition) is 2. The van der Waals surface area contributed by atoms with Crippen LogP contribution in [0.4, 0.5) is 11.4 Å². The second-order valence-corrected chi connectivity index (χ2v) is 9.06. The molecule has 0 spiro atoms. The van der Waals surface area contributed by atoms with Crippen LogP contribution in [0.2, 0.25) is 0 Å². The first-order chi connectivity index (χ1) is 15.6. The quantitative estimate of drug-likeness (QED) is 0.386. The summed E-state index contributed by atoms with van der Waals surface area (Å²) >= 11 is 3.66. The Morgan fingerprint density at radius 2 is 0.844 bits per heavy atom. The van der Waals surface area contributed by atoms with Gasteiger partial charge in [-0.1, -0.05) is 0 Å². The predicted molar refractivity (Wildman–Crippen MR) is 136 cm³/mol. The molecule has 1 saturated heterocycles. The van der Waals surface area contributed by atoms with Gasteiger partial charge in [0.25, 0.3) is 0 Å². The summed E-state index contributed by atoms with van der Waals surface area (Å²) in [6.45, 7) is 4.52. The van der Waals surface area contributed by atoms with Crippen molar-refractivity contribution in [2.75, 3.05) is 9.62 Å². The van der Waals surface area contributed by atoms with Gasteiger partial charge in [0.1, 0.15) is 0 Å². The topological polar surface area (TPSA) is 6.48 Å². The summed E-state index contributed by atoms with van der Waals surface area (Å²) in [6.07, 6.45) is 0. The summed E-state index contributed by atoms with van der Waals surface area (Å²) in [5.74, 6) is 0. The first kappa shape index (κ1) is 21.0. The number of rotatable bonds is 4. The maximum absolute atomic E-state index is 3.66. The van der Waals surface area contributed by atoms with Crippen molar-refractivity contribution in [3.8, 4) is 0 Å². The molecule has 4 aromatic carbocycles. The first-order valence-electron chi connectivity index (χ1n) is 10.9. The van der Waals surface area contributed by atoms with Gasteiger partial charge in [-0.15, -0.1) is 0 Å². The predicted octanol–water partition coefficient (Wildman–Crippen LogP) is 4.14. The van der Waals surface area contributed by atoms with Gasteiger partial charge in [-0.3, -0.25) is 0 Å². The van der Waals surface area contributed by atoms with E-state index in [0.717, 1.165) is 4.23 Å². The Kier molecular flexibility index (Phi) is 5.87. The Labute approximate surface area is 202 Å². The summed E-state index contributed by atoms with van der Waals surface area (Å²) in [4.78, 5) is 4.87. The minimum atomic E-state index is 0.116. The Bertz CT molecular complexity index is 1120. The number of hydrogen-bond donors (Lipinski definition) is 0. The van der Waals surface area contributed by atoms with Crippen LogP contribution in [0.1, 0.15) is 11.1 Å². The van der Waals surface area contributed by atoms with Crippen molar-refractivity contribution in [1.29, 1.82) is 0 Å². The van der Waals surface area contributed by atoms with E-state index in [9.17, 15) is 0 Å². The number of para-hydroxylation sites is 2. The van der Waals surface area contributed by atoms with Gasteiger partial charge in [0.2, 0.25) is 0 Å². The molecule has 1 heterocycles. The van der Waals surface area contributed by atoms with Crippen LogP contribution >= 0.6 is 0 Å². The zero-order chi connectivity index (χ0) is 22.1. The fourth-order valence-electron chi connectivity index (χ4n) is 4.50. The zero-order valence-corrected chi connectivity index (χ0v) is 19.8. The molecule has 0 bridgehead atoms. The van der Waals surface area contributed by atoms with Crippen molar-refractivity contribution < 1.29 is 18.7 Å². The molecule has 1 aliphatic rings.